The molecular weight excluding hydrogens is 764 g/mol. The van der Waals surface area contributed by atoms with Crippen LogP contribution in [0.3, 0.4) is 0 Å². The number of likely N-dealkylation sites (N-methyl/N-ethyl adjacent to an activating group) is 1. The van der Waals surface area contributed by atoms with Crippen LogP contribution in [-0.4, -0.2) is 75.4 Å². The van der Waals surface area contributed by atoms with Crippen LogP contribution < -0.4 is 26.4 Å². The number of hydrogen-bond acceptors (Lipinski definition) is 9. The lowest BCUT2D eigenvalue weighted by Gasteiger charge is -2.41. The molecule has 12 nitrogen and oxygen atoms in total. The fourth-order valence-electron chi connectivity index (χ4n) is 8.14. The predicted octanol–water partition coefficient (Wildman–Crippen LogP) is 5.13. The van der Waals surface area contributed by atoms with E-state index >= 15 is 4.39 Å². The van der Waals surface area contributed by atoms with Gasteiger partial charge in [-0.1, -0.05) is 85.8 Å². The van der Waals surface area contributed by atoms with Crippen molar-refractivity contribution in [2.75, 3.05) is 27.3 Å². The average Bonchev–Trinajstić information content (AvgIpc) is 3.87. The number of piperidine rings is 1. The van der Waals surface area contributed by atoms with E-state index in [0.29, 0.717) is 58.9 Å². The van der Waals surface area contributed by atoms with Crippen LogP contribution in [0.4, 0.5) is 4.39 Å². The van der Waals surface area contributed by atoms with Crippen molar-refractivity contribution in [3.05, 3.63) is 129 Å². The second-order valence-electron chi connectivity index (χ2n) is 15.2. The number of fused-ring (bicyclic) bond motifs is 1. The van der Waals surface area contributed by atoms with Crippen LogP contribution in [0.25, 0.3) is 15.2 Å². The van der Waals surface area contributed by atoms with E-state index in [1.165, 1.54) is 58.4 Å². The number of amides is 1. The number of hydrogen-bond donors (Lipinski definition) is 1. The number of likely N-dealkylation sites (tertiary alicyclic amines) is 1. The van der Waals surface area contributed by atoms with Crippen molar-refractivity contribution in [2.24, 2.45) is 0 Å². The van der Waals surface area contributed by atoms with E-state index in [9.17, 15) is 19.2 Å². The summed E-state index contributed by atoms with van der Waals surface area (Å²) in [7, 11) is -0.153. The highest BCUT2D eigenvalue weighted by atomic mass is 32.1. The lowest BCUT2D eigenvalue weighted by atomic mass is 10.0. The van der Waals surface area contributed by atoms with Gasteiger partial charge in [-0.2, -0.15) is 10.2 Å². The SMILES string of the molecule is COc1ccc(F)cc1[C@H](Cn1c(=O)n(C2CCCN(C)C2=O)c(=O)c2c(C)c(-n3nccn3)sc21)OCCCC(C)(C)[Si](O)(c1ccccc1)c1ccccc1. The summed E-state index contributed by atoms with van der Waals surface area (Å²) in [6.45, 7) is 6.52. The van der Waals surface area contributed by atoms with Gasteiger partial charge < -0.3 is 19.2 Å². The molecule has 1 aliphatic heterocycles. The molecule has 298 valence electrons. The summed E-state index contributed by atoms with van der Waals surface area (Å²) in [5.74, 6) is -0.466. The highest BCUT2D eigenvalue weighted by Gasteiger charge is 2.49. The second-order valence-corrected chi connectivity index (χ2v) is 20.1. The number of aryl methyl sites for hydroxylation is 1. The molecular formula is C42H47FN6O6SSi. The van der Waals surface area contributed by atoms with Gasteiger partial charge in [0.1, 0.15) is 33.5 Å². The quantitative estimate of drug-likeness (QED) is 0.118. The standard InChI is InChI=1S/C42H47FN6O6SSi/c1-28-36-38(51)48(33-18-12-24-46(4)37(33)50)41(52)47(40(36)56-39(28)49-44-22-23-45-49)27-35(32-26-29(43)19-20-34(32)54-5)55-25-13-21-42(2,3)57(53,30-14-8-6-9-15-30)31-16-10-7-11-17-31/h6-11,14-17,19-20,22-23,26,33,35,53H,12-13,18,21,24-25,27H2,1-5H3/t33?,35-/m0/s1. The van der Waals surface area contributed by atoms with Gasteiger partial charge in [-0.05, 0) is 66.2 Å². The minimum Gasteiger partial charge on any atom is -0.496 e. The summed E-state index contributed by atoms with van der Waals surface area (Å²) in [6.07, 6.45) is 4.18. The highest BCUT2D eigenvalue weighted by Crippen LogP contribution is 2.40. The van der Waals surface area contributed by atoms with E-state index < -0.39 is 42.6 Å². The summed E-state index contributed by atoms with van der Waals surface area (Å²) in [5.41, 5.74) is -0.297. The Kier molecular flexibility index (Phi) is 11.5. The molecule has 0 aliphatic carbocycles. The fourth-order valence-corrected chi connectivity index (χ4v) is 13.1. The fraction of sp³-hybridized carbons (Fsp3) is 0.357. The van der Waals surface area contributed by atoms with Crippen LogP contribution in [-0.2, 0) is 16.1 Å². The second kappa shape index (κ2) is 16.3. The molecule has 3 aromatic heterocycles. The maximum absolute atomic E-state index is 15.1. The molecule has 1 N–H and O–H groups in total. The van der Waals surface area contributed by atoms with Gasteiger partial charge in [-0.25, -0.2) is 13.8 Å². The van der Waals surface area contributed by atoms with Crippen molar-refractivity contribution < 1.29 is 23.5 Å². The Hall–Kier alpha value is -5.22. The lowest BCUT2D eigenvalue weighted by Crippen LogP contribution is -2.65. The third-order valence-electron chi connectivity index (χ3n) is 11.3. The molecule has 2 atom stereocenters. The molecule has 1 amide bonds. The maximum Gasteiger partial charge on any atom is 0.332 e. The van der Waals surface area contributed by atoms with Gasteiger partial charge in [-0.3, -0.25) is 14.2 Å². The average molecular weight is 811 g/mol. The first kappa shape index (κ1) is 40.0. The molecule has 57 heavy (non-hydrogen) atoms. The topological polar surface area (TPSA) is 134 Å². The number of methoxy groups -OCH3 is 1. The first-order valence-electron chi connectivity index (χ1n) is 19.1. The van der Waals surface area contributed by atoms with E-state index in [4.69, 9.17) is 9.47 Å². The molecule has 0 saturated carbocycles. The minimum absolute atomic E-state index is 0.131. The summed E-state index contributed by atoms with van der Waals surface area (Å²) in [6, 6.07) is 22.8. The molecule has 1 fully saturated rings. The van der Waals surface area contributed by atoms with Gasteiger partial charge in [0.15, 0.2) is 0 Å². The van der Waals surface area contributed by atoms with E-state index in [-0.39, 0.29) is 24.4 Å². The molecule has 0 radical (unpaired) electrons. The molecule has 0 spiro atoms. The molecule has 3 aromatic carbocycles. The van der Waals surface area contributed by atoms with Gasteiger partial charge in [0, 0.05) is 31.3 Å². The Balaban J connectivity index is 1.28. The number of thiophene rings is 1. The largest absolute Gasteiger partial charge is 0.496 e. The molecule has 0 bridgehead atoms. The smallest absolute Gasteiger partial charge is 0.332 e. The summed E-state index contributed by atoms with van der Waals surface area (Å²) in [5, 5.41) is 10.6. The number of rotatable bonds is 14. The van der Waals surface area contributed by atoms with E-state index in [1.54, 1.807) is 18.9 Å². The molecule has 4 heterocycles. The normalized spacial score (nSPS) is 15.7. The Bertz CT molecular complexity index is 2450. The number of benzene rings is 3. The number of ether oxygens (including phenoxy) is 2. The summed E-state index contributed by atoms with van der Waals surface area (Å²) < 4.78 is 29.9. The van der Waals surface area contributed by atoms with Gasteiger partial charge in [0.05, 0.1) is 31.4 Å². The number of nitrogens with zero attached hydrogens (tertiary/aromatic N) is 6. The summed E-state index contributed by atoms with van der Waals surface area (Å²) in [4.78, 5) is 58.6. The van der Waals surface area contributed by atoms with Gasteiger partial charge >= 0.3 is 5.69 Å². The minimum atomic E-state index is -3.30. The van der Waals surface area contributed by atoms with E-state index in [1.807, 2.05) is 60.7 Å². The Morgan fingerprint density at radius 1 is 1.00 bits per heavy atom. The maximum atomic E-state index is 15.1. The van der Waals surface area contributed by atoms with Crippen molar-refractivity contribution in [3.63, 3.8) is 0 Å². The molecule has 15 heteroatoms. The molecule has 1 aliphatic rings. The van der Waals surface area contributed by atoms with Gasteiger partial charge in [0.25, 0.3) is 13.9 Å². The zero-order valence-corrected chi connectivity index (χ0v) is 34.5. The van der Waals surface area contributed by atoms with Crippen LogP contribution in [0.5, 0.6) is 5.75 Å². The first-order valence-corrected chi connectivity index (χ1v) is 21.8. The van der Waals surface area contributed by atoms with Crippen LogP contribution in [0.2, 0.25) is 5.04 Å². The Morgan fingerprint density at radius 2 is 1.65 bits per heavy atom. The first-order chi connectivity index (χ1) is 27.4. The number of halogens is 1. The summed E-state index contributed by atoms with van der Waals surface area (Å²) >= 11 is 1.18. The zero-order valence-electron chi connectivity index (χ0n) is 32.7. The molecule has 7 rings (SSSR count). The third-order valence-corrected chi connectivity index (χ3v) is 17.1. The molecule has 1 saturated heterocycles. The number of carbonyl (C=O) groups is 1. The van der Waals surface area contributed by atoms with Crippen molar-refractivity contribution >= 4 is 46.2 Å². The molecule has 6 aromatic rings. The van der Waals surface area contributed by atoms with E-state index in [2.05, 4.69) is 24.0 Å². The van der Waals surface area contributed by atoms with Gasteiger partial charge in [0.2, 0.25) is 5.91 Å². The van der Waals surface area contributed by atoms with Crippen molar-refractivity contribution in [1.82, 2.24) is 29.0 Å². The van der Waals surface area contributed by atoms with E-state index in [0.717, 1.165) is 14.9 Å². The number of aromatic nitrogens is 5. The van der Waals surface area contributed by atoms with Gasteiger partial charge in [-0.15, -0.1) is 4.80 Å². The van der Waals surface area contributed by atoms with Crippen LogP contribution in [0.1, 0.15) is 62.8 Å². The number of carbonyl (C=O) groups excluding carboxylic acids is 1. The monoisotopic (exact) mass is 810 g/mol. The Labute approximate surface area is 334 Å². The van der Waals surface area contributed by atoms with Crippen LogP contribution in [0.15, 0.2) is 101 Å². The lowest BCUT2D eigenvalue weighted by molar-refractivity contribution is -0.136. The third kappa shape index (κ3) is 7.40. The Morgan fingerprint density at radius 3 is 2.28 bits per heavy atom. The van der Waals surface area contributed by atoms with Crippen LogP contribution in [0, 0.1) is 12.7 Å². The van der Waals surface area contributed by atoms with Crippen LogP contribution >= 0.6 is 11.3 Å². The molecule has 1 unspecified atom stereocenters. The van der Waals surface area contributed by atoms with Crippen molar-refractivity contribution in [1.29, 1.82) is 0 Å². The zero-order chi connectivity index (χ0) is 40.5. The van der Waals surface area contributed by atoms with Crippen molar-refractivity contribution in [3.8, 4) is 10.8 Å². The van der Waals surface area contributed by atoms with Crippen molar-refractivity contribution in [2.45, 2.75) is 70.2 Å². The predicted molar refractivity (Wildman–Crippen MR) is 221 cm³/mol. The highest BCUT2D eigenvalue weighted by molar-refractivity contribution is 7.21.